The molecule has 20 heavy (non-hydrogen) atoms. The average Bonchev–Trinajstić information content (AvgIpc) is 3.02. The first kappa shape index (κ1) is 12.2. The van der Waals surface area contributed by atoms with Crippen LogP contribution in [0.15, 0.2) is 18.2 Å². The molecule has 1 aliphatic heterocycles. The lowest BCUT2D eigenvalue weighted by Gasteiger charge is -2.16. The highest BCUT2D eigenvalue weighted by Crippen LogP contribution is 2.61. The maximum Gasteiger partial charge on any atom is 0.255 e. The third-order valence-corrected chi connectivity index (χ3v) is 5.17. The lowest BCUT2D eigenvalue weighted by molar-refractivity contribution is 0.0957. The molecule has 3 N–H and O–H groups in total. The van der Waals surface area contributed by atoms with Gasteiger partial charge in [-0.2, -0.15) is 0 Å². The monoisotopic (exact) mass is 272 g/mol. The number of hydrogen-bond donors (Lipinski definition) is 2. The molecule has 2 fully saturated rings. The fourth-order valence-corrected chi connectivity index (χ4v) is 4.11. The SMILES string of the molecule is NC(c1ccc2c(c1)C(=O)NCCO2)C1C2CCCC21. The Kier molecular flexibility index (Phi) is 2.74. The van der Waals surface area contributed by atoms with Gasteiger partial charge in [0.05, 0.1) is 12.1 Å². The molecule has 106 valence electrons. The minimum atomic E-state index is -0.0532. The van der Waals surface area contributed by atoms with Gasteiger partial charge < -0.3 is 15.8 Å². The summed E-state index contributed by atoms with van der Waals surface area (Å²) < 4.78 is 5.58. The van der Waals surface area contributed by atoms with E-state index in [1.807, 2.05) is 18.2 Å². The van der Waals surface area contributed by atoms with Crippen LogP contribution >= 0.6 is 0 Å². The Morgan fingerprint density at radius 3 is 2.90 bits per heavy atom. The molecule has 1 aromatic rings. The second-order valence-corrected chi connectivity index (χ2v) is 6.22. The number of nitrogens with one attached hydrogen (secondary N) is 1. The van der Waals surface area contributed by atoms with Crippen LogP contribution in [0.5, 0.6) is 5.75 Å². The highest BCUT2D eigenvalue weighted by Gasteiger charge is 2.55. The summed E-state index contributed by atoms with van der Waals surface area (Å²) in [5, 5.41) is 2.85. The van der Waals surface area contributed by atoms with Gasteiger partial charge in [-0.3, -0.25) is 4.79 Å². The Morgan fingerprint density at radius 1 is 1.30 bits per heavy atom. The minimum absolute atomic E-state index is 0.0532. The molecule has 3 aliphatic rings. The zero-order valence-electron chi connectivity index (χ0n) is 11.5. The summed E-state index contributed by atoms with van der Waals surface area (Å²) in [4.78, 5) is 12.0. The number of carbonyl (C=O) groups excluding carboxylic acids is 1. The molecule has 4 rings (SSSR count). The van der Waals surface area contributed by atoms with Crippen LogP contribution in [0.3, 0.4) is 0 Å². The highest BCUT2D eigenvalue weighted by atomic mass is 16.5. The summed E-state index contributed by atoms with van der Waals surface area (Å²) in [6.07, 6.45) is 4.02. The zero-order valence-corrected chi connectivity index (χ0v) is 11.5. The first-order chi connectivity index (χ1) is 9.75. The molecule has 0 spiro atoms. The predicted octanol–water partition coefficient (Wildman–Crippen LogP) is 1.85. The Labute approximate surface area is 118 Å². The van der Waals surface area contributed by atoms with Gasteiger partial charge in [0.25, 0.3) is 5.91 Å². The molecule has 0 radical (unpaired) electrons. The van der Waals surface area contributed by atoms with Gasteiger partial charge in [-0.1, -0.05) is 12.5 Å². The van der Waals surface area contributed by atoms with E-state index in [0.29, 0.717) is 30.4 Å². The highest BCUT2D eigenvalue weighted by molar-refractivity contribution is 5.97. The van der Waals surface area contributed by atoms with Crippen LogP contribution < -0.4 is 15.8 Å². The Hall–Kier alpha value is -1.55. The number of carbonyl (C=O) groups is 1. The lowest BCUT2D eigenvalue weighted by Crippen LogP contribution is -2.24. The molecule has 4 nitrogen and oxygen atoms in total. The van der Waals surface area contributed by atoms with Crippen LogP contribution in [-0.4, -0.2) is 19.1 Å². The summed E-state index contributed by atoms with van der Waals surface area (Å²) >= 11 is 0. The van der Waals surface area contributed by atoms with Crippen LogP contribution in [0.25, 0.3) is 0 Å². The average molecular weight is 272 g/mol. The molecule has 4 heteroatoms. The van der Waals surface area contributed by atoms with E-state index in [9.17, 15) is 4.79 Å². The van der Waals surface area contributed by atoms with E-state index in [1.54, 1.807) is 0 Å². The molecule has 0 aromatic heterocycles. The van der Waals surface area contributed by atoms with Gasteiger partial charge in [0.1, 0.15) is 12.4 Å². The molecule has 2 aliphatic carbocycles. The van der Waals surface area contributed by atoms with Crippen molar-refractivity contribution < 1.29 is 9.53 Å². The zero-order chi connectivity index (χ0) is 13.7. The number of benzene rings is 1. The first-order valence-electron chi connectivity index (χ1n) is 7.56. The van der Waals surface area contributed by atoms with Crippen molar-refractivity contribution >= 4 is 5.91 Å². The maximum atomic E-state index is 12.0. The van der Waals surface area contributed by atoms with Gasteiger partial charge >= 0.3 is 0 Å². The molecule has 2 saturated carbocycles. The Morgan fingerprint density at radius 2 is 2.10 bits per heavy atom. The van der Waals surface area contributed by atoms with Crippen LogP contribution in [0.1, 0.15) is 41.2 Å². The van der Waals surface area contributed by atoms with Crippen molar-refractivity contribution in [2.45, 2.75) is 25.3 Å². The number of rotatable bonds is 2. The van der Waals surface area contributed by atoms with Crippen molar-refractivity contribution in [3.63, 3.8) is 0 Å². The van der Waals surface area contributed by atoms with Gasteiger partial charge in [0, 0.05) is 6.04 Å². The summed E-state index contributed by atoms with van der Waals surface area (Å²) in [7, 11) is 0. The molecule has 1 aromatic carbocycles. The minimum Gasteiger partial charge on any atom is -0.491 e. The molecular formula is C16H20N2O2. The van der Waals surface area contributed by atoms with Gasteiger partial charge in [-0.15, -0.1) is 0 Å². The fraction of sp³-hybridized carbons (Fsp3) is 0.562. The number of nitrogens with two attached hydrogens (primary N) is 1. The topological polar surface area (TPSA) is 64.4 Å². The Balaban J connectivity index is 1.61. The second kappa shape index (κ2) is 4.48. The van der Waals surface area contributed by atoms with Crippen molar-refractivity contribution in [1.29, 1.82) is 0 Å². The molecule has 3 unspecified atom stereocenters. The summed E-state index contributed by atoms with van der Waals surface area (Å²) in [5.74, 6) is 2.90. The molecular weight excluding hydrogens is 252 g/mol. The molecule has 1 heterocycles. The smallest absolute Gasteiger partial charge is 0.255 e. The molecule has 1 amide bonds. The van der Waals surface area contributed by atoms with Crippen LogP contribution in [-0.2, 0) is 0 Å². The van der Waals surface area contributed by atoms with E-state index in [2.05, 4.69) is 5.32 Å². The normalized spacial score (nSPS) is 32.5. The Bertz CT molecular complexity index is 547. The van der Waals surface area contributed by atoms with E-state index >= 15 is 0 Å². The van der Waals surface area contributed by atoms with Crippen molar-refractivity contribution in [3.05, 3.63) is 29.3 Å². The second-order valence-electron chi connectivity index (χ2n) is 6.22. The summed E-state index contributed by atoms with van der Waals surface area (Å²) in [6.45, 7) is 1.08. The van der Waals surface area contributed by atoms with E-state index in [1.165, 1.54) is 19.3 Å². The van der Waals surface area contributed by atoms with Gasteiger partial charge in [-0.05, 0) is 48.3 Å². The fourth-order valence-electron chi connectivity index (χ4n) is 4.11. The maximum absolute atomic E-state index is 12.0. The van der Waals surface area contributed by atoms with E-state index in [-0.39, 0.29) is 11.9 Å². The van der Waals surface area contributed by atoms with Crippen molar-refractivity contribution in [2.24, 2.45) is 23.5 Å². The molecule has 3 atom stereocenters. The number of fused-ring (bicyclic) bond motifs is 2. The van der Waals surface area contributed by atoms with E-state index in [4.69, 9.17) is 10.5 Å². The number of ether oxygens (including phenoxy) is 1. The van der Waals surface area contributed by atoms with Crippen LogP contribution in [0, 0.1) is 17.8 Å². The van der Waals surface area contributed by atoms with Crippen molar-refractivity contribution in [1.82, 2.24) is 5.32 Å². The van der Waals surface area contributed by atoms with Crippen LogP contribution in [0.4, 0.5) is 0 Å². The largest absolute Gasteiger partial charge is 0.491 e. The quantitative estimate of drug-likeness (QED) is 0.863. The third-order valence-electron chi connectivity index (χ3n) is 5.17. The van der Waals surface area contributed by atoms with E-state index in [0.717, 1.165) is 17.4 Å². The van der Waals surface area contributed by atoms with Crippen molar-refractivity contribution in [3.8, 4) is 5.75 Å². The first-order valence-corrected chi connectivity index (χ1v) is 7.56. The number of hydrogen-bond acceptors (Lipinski definition) is 3. The van der Waals surface area contributed by atoms with Crippen molar-refractivity contribution in [2.75, 3.05) is 13.2 Å². The standard InChI is InChI=1S/C16H20N2O2/c17-15(14-10-2-1-3-11(10)14)9-4-5-13-12(8-9)16(19)18-6-7-20-13/h4-5,8,10-11,14-15H,1-3,6-7,17H2,(H,18,19). The van der Waals surface area contributed by atoms with E-state index < -0.39 is 0 Å². The van der Waals surface area contributed by atoms with Crippen LogP contribution in [0.2, 0.25) is 0 Å². The molecule has 0 bridgehead atoms. The summed E-state index contributed by atoms with van der Waals surface area (Å²) in [5.41, 5.74) is 8.13. The van der Waals surface area contributed by atoms with Gasteiger partial charge in [0.15, 0.2) is 0 Å². The van der Waals surface area contributed by atoms with Gasteiger partial charge in [-0.25, -0.2) is 0 Å². The summed E-state index contributed by atoms with van der Waals surface area (Å²) in [6, 6.07) is 5.91. The number of amides is 1. The third kappa shape index (κ3) is 1.82. The predicted molar refractivity (Wildman–Crippen MR) is 75.5 cm³/mol. The molecule has 0 saturated heterocycles. The lowest BCUT2D eigenvalue weighted by atomic mass is 9.96. The van der Waals surface area contributed by atoms with Gasteiger partial charge in [0.2, 0.25) is 0 Å².